The van der Waals surface area contributed by atoms with E-state index in [1.54, 1.807) is 5.38 Å². The average Bonchev–Trinajstić information content (AvgIpc) is 3.48. The maximum atomic E-state index is 13.0. The smallest absolute Gasteiger partial charge is 0.298 e. The molecule has 2 aromatic heterocycles. The van der Waals surface area contributed by atoms with Crippen LogP contribution in [-0.2, 0) is 27.4 Å². The highest BCUT2D eigenvalue weighted by Gasteiger charge is 2.39. The molecule has 4 rings (SSSR count). The van der Waals surface area contributed by atoms with E-state index in [0.717, 1.165) is 12.1 Å². The molecule has 0 aliphatic carbocycles. The monoisotopic (exact) mass is 529 g/mol. The van der Waals surface area contributed by atoms with E-state index in [2.05, 4.69) is 9.97 Å². The molecule has 6 nitrogen and oxygen atoms in total. The summed E-state index contributed by atoms with van der Waals surface area (Å²) in [7, 11) is -3.88. The van der Waals surface area contributed by atoms with Crippen molar-refractivity contribution in [3.63, 3.8) is 0 Å². The fourth-order valence-corrected chi connectivity index (χ4v) is 6.33. The molecule has 1 fully saturated rings. The summed E-state index contributed by atoms with van der Waals surface area (Å²) in [6.07, 6.45) is -1.79. The molecular weight excluding hydrogens is 511 g/mol. The van der Waals surface area contributed by atoms with E-state index >= 15 is 0 Å². The Bertz CT molecular complexity index is 1280. The summed E-state index contributed by atoms with van der Waals surface area (Å²) in [4.78, 5) is 21.1. The summed E-state index contributed by atoms with van der Waals surface area (Å²) in [5.41, 5.74) is 0.343. The Balaban J connectivity index is 1.41. The number of ketones is 1. The number of hydrogen-bond acceptors (Lipinski definition) is 6. The molecule has 0 saturated carbocycles. The first kappa shape index (κ1) is 24.8. The fourth-order valence-electron chi connectivity index (χ4n) is 3.78. The molecule has 0 unspecified atom stereocenters. The number of aromatic nitrogens is 2. The van der Waals surface area contributed by atoms with E-state index in [0.29, 0.717) is 35.5 Å². The minimum atomic E-state index is -4.40. The summed E-state index contributed by atoms with van der Waals surface area (Å²) in [6, 6.07) is 6.72. The van der Waals surface area contributed by atoms with Crippen LogP contribution >= 0.6 is 22.9 Å². The van der Waals surface area contributed by atoms with Crippen molar-refractivity contribution in [2.75, 3.05) is 6.54 Å². The number of Topliss-reactive ketones (excluding diaryl/α,β-unsaturated/α-hetero) is 1. The van der Waals surface area contributed by atoms with Gasteiger partial charge in [-0.3, -0.25) is 4.79 Å². The van der Waals surface area contributed by atoms with E-state index in [9.17, 15) is 26.4 Å². The maximum Gasteiger partial charge on any atom is 0.416 e. The van der Waals surface area contributed by atoms with Gasteiger partial charge >= 0.3 is 6.18 Å². The first-order valence-corrected chi connectivity index (χ1v) is 13.0. The quantitative estimate of drug-likeness (QED) is 0.391. The number of sulfonamides is 1. The molecule has 1 saturated heterocycles. The zero-order valence-corrected chi connectivity index (χ0v) is 20.0. The van der Waals surface area contributed by atoms with Crippen molar-refractivity contribution >= 4 is 38.7 Å². The molecule has 1 aliphatic heterocycles. The highest BCUT2D eigenvalue weighted by Crippen LogP contribution is 2.32. The zero-order valence-electron chi connectivity index (χ0n) is 17.6. The molecule has 180 valence electrons. The van der Waals surface area contributed by atoms with Gasteiger partial charge in [-0.1, -0.05) is 23.7 Å². The lowest BCUT2D eigenvalue weighted by Crippen LogP contribution is -2.40. The molecule has 1 atom stereocenters. The van der Waals surface area contributed by atoms with Crippen molar-refractivity contribution in [2.24, 2.45) is 0 Å². The molecule has 0 radical (unpaired) electrons. The Hall–Kier alpha value is -2.34. The summed E-state index contributed by atoms with van der Waals surface area (Å²) in [5, 5.41) is 2.55. The largest absolute Gasteiger partial charge is 0.416 e. The van der Waals surface area contributed by atoms with Crippen molar-refractivity contribution < 1.29 is 26.4 Å². The topological polar surface area (TPSA) is 80.2 Å². The number of halogens is 4. The minimum absolute atomic E-state index is 0.0160. The van der Waals surface area contributed by atoms with Gasteiger partial charge in [0, 0.05) is 36.5 Å². The molecule has 1 aromatic carbocycles. The van der Waals surface area contributed by atoms with Crippen LogP contribution in [0.15, 0.2) is 52.9 Å². The van der Waals surface area contributed by atoms with Crippen molar-refractivity contribution in [1.29, 1.82) is 0 Å². The average molecular weight is 530 g/mol. The number of rotatable bonds is 7. The van der Waals surface area contributed by atoms with Crippen LogP contribution in [0.2, 0.25) is 5.15 Å². The van der Waals surface area contributed by atoms with Crippen LogP contribution in [0.25, 0.3) is 11.3 Å². The van der Waals surface area contributed by atoms with Crippen LogP contribution in [0, 0.1) is 0 Å². The van der Waals surface area contributed by atoms with Crippen LogP contribution in [0.1, 0.15) is 29.8 Å². The van der Waals surface area contributed by atoms with Crippen LogP contribution in [0.3, 0.4) is 0 Å². The van der Waals surface area contributed by atoms with E-state index in [-0.39, 0.29) is 28.8 Å². The van der Waals surface area contributed by atoms with Gasteiger partial charge in [-0.2, -0.15) is 17.5 Å². The van der Waals surface area contributed by atoms with Crippen molar-refractivity contribution in [2.45, 2.75) is 42.8 Å². The number of carbonyl (C=O) groups excluding carboxylic acids is 1. The van der Waals surface area contributed by atoms with Gasteiger partial charge in [-0.25, -0.2) is 18.4 Å². The third kappa shape index (κ3) is 5.32. The first-order valence-electron chi connectivity index (χ1n) is 10.3. The van der Waals surface area contributed by atoms with Gasteiger partial charge in [0.2, 0.25) is 10.0 Å². The highest BCUT2D eigenvalue weighted by atomic mass is 35.5. The lowest BCUT2D eigenvalue weighted by Gasteiger charge is -2.23. The minimum Gasteiger partial charge on any atom is -0.298 e. The maximum absolute atomic E-state index is 13.0. The van der Waals surface area contributed by atoms with Gasteiger partial charge in [0.1, 0.15) is 10.0 Å². The summed E-state index contributed by atoms with van der Waals surface area (Å²) < 4.78 is 65.4. The SMILES string of the molecule is O=C(CCc1nc(-c2ccc(C(F)(F)F)cc2)cs1)[C@@H]1CCCN1S(=O)(=O)c1ccc(Cl)nc1. The first-order chi connectivity index (χ1) is 16.1. The number of alkyl halides is 3. The van der Waals surface area contributed by atoms with E-state index in [4.69, 9.17) is 11.6 Å². The molecule has 0 N–H and O–H groups in total. The normalized spacial score (nSPS) is 17.2. The van der Waals surface area contributed by atoms with E-state index in [1.807, 2.05) is 0 Å². The lowest BCUT2D eigenvalue weighted by atomic mass is 10.1. The van der Waals surface area contributed by atoms with Gasteiger partial charge in [0.15, 0.2) is 5.78 Å². The molecule has 1 aliphatic rings. The number of hydrogen-bond donors (Lipinski definition) is 0. The fraction of sp³-hybridized carbons (Fsp3) is 0.318. The highest BCUT2D eigenvalue weighted by molar-refractivity contribution is 7.89. The molecule has 0 amide bonds. The summed E-state index contributed by atoms with van der Waals surface area (Å²) in [6.45, 7) is 0.247. The van der Waals surface area contributed by atoms with Gasteiger partial charge < -0.3 is 0 Å². The summed E-state index contributed by atoms with van der Waals surface area (Å²) in [5.74, 6) is -0.200. The Morgan fingerprint density at radius 3 is 2.56 bits per heavy atom. The van der Waals surface area contributed by atoms with Crippen molar-refractivity contribution in [1.82, 2.24) is 14.3 Å². The van der Waals surface area contributed by atoms with E-state index < -0.39 is 27.8 Å². The Morgan fingerprint density at radius 1 is 1.18 bits per heavy atom. The third-order valence-corrected chi connectivity index (χ3v) is 8.55. The molecule has 3 aromatic rings. The second-order valence-corrected chi connectivity index (χ2v) is 11.0. The Labute approximate surface area is 203 Å². The molecule has 34 heavy (non-hydrogen) atoms. The van der Waals surface area contributed by atoms with Gasteiger partial charge in [0.25, 0.3) is 0 Å². The van der Waals surface area contributed by atoms with Crippen molar-refractivity contribution in [3.8, 4) is 11.3 Å². The number of benzene rings is 1. The summed E-state index contributed by atoms with van der Waals surface area (Å²) >= 11 is 7.05. The van der Waals surface area contributed by atoms with Crippen LogP contribution in [0.5, 0.6) is 0 Å². The number of carbonyl (C=O) groups is 1. The number of thiazole rings is 1. The lowest BCUT2D eigenvalue weighted by molar-refractivity contribution is -0.137. The molecular formula is C22H19ClF3N3O3S2. The Kier molecular flexibility index (Phi) is 7.09. The number of pyridine rings is 1. The zero-order chi connectivity index (χ0) is 24.5. The molecule has 3 heterocycles. The van der Waals surface area contributed by atoms with Crippen LogP contribution < -0.4 is 0 Å². The second kappa shape index (κ2) is 9.73. The molecule has 0 spiro atoms. The number of aryl methyl sites for hydroxylation is 1. The molecule has 0 bridgehead atoms. The predicted molar refractivity (Wildman–Crippen MR) is 122 cm³/mol. The van der Waals surface area contributed by atoms with Crippen LogP contribution in [0.4, 0.5) is 13.2 Å². The second-order valence-electron chi connectivity index (χ2n) is 7.76. The standard InChI is InChI=1S/C22H19ClF3N3O3S2/c23-20-9-7-16(12-27-20)34(31,32)29-11-1-2-18(29)19(30)8-10-21-28-17(13-33-21)14-3-5-15(6-4-14)22(24,25)26/h3-7,9,12-13,18H,1-2,8,10-11H2/t18-/m0/s1. The molecule has 12 heteroatoms. The van der Waals surface area contributed by atoms with Gasteiger partial charge in [-0.15, -0.1) is 11.3 Å². The van der Waals surface area contributed by atoms with Crippen molar-refractivity contribution in [3.05, 3.63) is 63.7 Å². The van der Waals surface area contributed by atoms with Gasteiger partial charge in [0.05, 0.1) is 22.3 Å². The predicted octanol–water partition coefficient (Wildman–Crippen LogP) is 5.23. The Morgan fingerprint density at radius 2 is 1.91 bits per heavy atom. The number of nitrogens with zero attached hydrogens (tertiary/aromatic N) is 3. The van der Waals surface area contributed by atoms with Crippen LogP contribution in [-0.4, -0.2) is 41.1 Å². The van der Waals surface area contributed by atoms with Gasteiger partial charge in [-0.05, 0) is 37.1 Å². The van der Waals surface area contributed by atoms with E-state index in [1.165, 1.54) is 46.1 Å². The third-order valence-electron chi connectivity index (χ3n) is 5.53.